The molecule has 0 atom stereocenters. The average molecular weight is 553 g/mol. The number of rotatable bonds is 7. The summed E-state index contributed by atoms with van der Waals surface area (Å²) < 4.78 is 47.2. The van der Waals surface area contributed by atoms with Crippen LogP contribution in [0.15, 0.2) is 37.1 Å². The Labute approximate surface area is 227 Å². The van der Waals surface area contributed by atoms with E-state index >= 15 is 0 Å². The molecule has 0 amide bonds. The van der Waals surface area contributed by atoms with E-state index in [-0.39, 0.29) is 30.3 Å². The van der Waals surface area contributed by atoms with Gasteiger partial charge in [0.05, 0.1) is 35.6 Å². The van der Waals surface area contributed by atoms with Gasteiger partial charge in [0.25, 0.3) is 0 Å². The second-order valence-electron chi connectivity index (χ2n) is 10.3. The maximum atomic E-state index is 13.2. The molecule has 5 heterocycles. The van der Waals surface area contributed by atoms with Crippen LogP contribution in [0.3, 0.4) is 0 Å². The van der Waals surface area contributed by atoms with Crippen LogP contribution in [0.2, 0.25) is 0 Å². The molecule has 14 heteroatoms. The molecule has 0 radical (unpaired) electrons. The van der Waals surface area contributed by atoms with Crippen LogP contribution in [-0.2, 0) is 18.3 Å². The molecule has 1 saturated carbocycles. The van der Waals surface area contributed by atoms with E-state index in [1.807, 2.05) is 23.1 Å². The molecule has 0 spiro atoms. The van der Waals surface area contributed by atoms with Crippen LogP contribution < -0.4 is 10.5 Å². The largest absolute Gasteiger partial charge is 0.474 e. The van der Waals surface area contributed by atoms with Crippen molar-refractivity contribution in [3.63, 3.8) is 0 Å². The van der Waals surface area contributed by atoms with Crippen LogP contribution in [0.4, 0.5) is 13.2 Å². The highest BCUT2D eigenvalue weighted by molar-refractivity contribution is 5.89. The molecular formula is C26H27F3N10O. The first-order chi connectivity index (χ1) is 19.3. The lowest BCUT2D eigenvalue weighted by atomic mass is 9.69. The summed E-state index contributed by atoms with van der Waals surface area (Å²) in [5, 5.41) is 15.1. The van der Waals surface area contributed by atoms with Crippen molar-refractivity contribution in [3.05, 3.63) is 48.6 Å². The van der Waals surface area contributed by atoms with Crippen molar-refractivity contribution < 1.29 is 17.9 Å². The van der Waals surface area contributed by atoms with E-state index in [0.717, 1.165) is 48.2 Å². The second kappa shape index (κ2) is 10.1. The number of aromatic amines is 1. The topological polar surface area (TPSA) is 147 Å². The molecule has 4 aromatic rings. The first-order valence-corrected chi connectivity index (χ1v) is 13.0. The Morgan fingerprint density at radius 1 is 1.20 bits per heavy atom. The first kappa shape index (κ1) is 26.1. The number of nitrogens with two attached hydrogens (primary N) is 1. The van der Waals surface area contributed by atoms with Crippen LogP contribution in [0.5, 0.6) is 5.88 Å². The molecule has 0 aromatic carbocycles. The Balaban J connectivity index is 1.09. The van der Waals surface area contributed by atoms with Gasteiger partial charge in [0.15, 0.2) is 0 Å². The lowest BCUT2D eigenvalue weighted by Gasteiger charge is -2.52. The van der Waals surface area contributed by atoms with E-state index in [4.69, 9.17) is 10.5 Å². The van der Waals surface area contributed by atoms with E-state index in [2.05, 4.69) is 41.0 Å². The summed E-state index contributed by atoms with van der Waals surface area (Å²) in [6.45, 7) is 1.32. The number of H-pyrrole nitrogens is 1. The van der Waals surface area contributed by atoms with E-state index in [1.54, 1.807) is 6.20 Å². The van der Waals surface area contributed by atoms with E-state index in [9.17, 15) is 18.4 Å². The molecule has 1 saturated heterocycles. The summed E-state index contributed by atoms with van der Waals surface area (Å²) in [4.78, 5) is 21.2. The number of alkyl halides is 3. The highest BCUT2D eigenvalue weighted by atomic mass is 19.4. The summed E-state index contributed by atoms with van der Waals surface area (Å²) in [7, 11) is 0. The molecule has 2 aliphatic rings. The van der Waals surface area contributed by atoms with Gasteiger partial charge < -0.3 is 15.5 Å². The van der Waals surface area contributed by atoms with E-state index in [1.165, 1.54) is 12.4 Å². The summed E-state index contributed by atoms with van der Waals surface area (Å²) in [5.74, 6) is -1.35. The minimum absolute atomic E-state index is 0.0806. The summed E-state index contributed by atoms with van der Waals surface area (Å²) >= 11 is 0. The quantitative estimate of drug-likeness (QED) is 0.352. The maximum Gasteiger partial charge on any atom is 0.451 e. The van der Waals surface area contributed by atoms with Gasteiger partial charge in [-0.3, -0.25) is 9.58 Å². The molecule has 11 nitrogen and oxygen atoms in total. The van der Waals surface area contributed by atoms with Gasteiger partial charge in [-0.05, 0) is 31.7 Å². The van der Waals surface area contributed by atoms with Crippen LogP contribution >= 0.6 is 0 Å². The van der Waals surface area contributed by atoms with E-state index < -0.39 is 17.5 Å². The van der Waals surface area contributed by atoms with Gasteiger partial charge >= 0.3 is 6.18 Å². The van der Waals surface area contributed by atoms with E-state index in [0.29, 0.717) is 19.3 Å². The number of halogens is 3. The number of aromatic nitrogens is 7. The van der Waals surface area contributed by atoms with Gasteiger partial charge in [-0.25, -0.2) is 15.0 Å². The van der Waals surface area contributed by atoms with Crippen LogP contribution in [-0.4, -0.2) is 64.8 Å². The average Bonchev–Trinajstić information content (AvgIpc) is 3.61. The van der Waals surface area contributed by atoms with Gasteiger partial charge in [0.2, 0.25) is 11.7 Å². The van der Waals surface area contributed by atoms with Crippen LogP contribution in [0.1, 0.15) is 43.6 Å². The molecule has 6 rings (SSSR count). The minimum Gasteiger partial charge on any atom is -0.474 e. The van der Waals surface area contributed by atoms with Crippen LogP contribution in [0.25, 0.3) is 22.3 Å². The number of nitrogens with zero attached hydrogens (tertiary/aromatic N) is 8. The summed E-state index contributed by atoms with van der Waals surface area (Å²) in [6, 6.07) is 5.90. The van der Waals surface area contributed by atoms with Crippen molar-refractivity contribution >= 4 is 11.0 Å². The first-order valence-electron chi connectivity index (χ1n) is 13.0. The number of nitriles is 1. The third-order valence-corrected chi connectivity index (χ3v) is 7.83. The fourth-order valence-corrected chi connectivity index (χ4v) is 5.74. The normalized spacial score (nSPS) is 22.2. The summed E-state index contributed by atoms with van der Waals surface area (Å²) in [6.07, 6.45) is 5.32. The predicted octanol–water partition coefficient (Wildman–Crippen LogP) is 3.40. The number of ether oxygens (including phenoxy) is 1. The molecule has 2 fully saturated rings. The monoisotopic (exact) mass is 552 g/mol. The Morgan fingerprint density at radius 2 is 2.00 bits per heavy atom. The molecule has 208 valence electrons. The zero-order chi connectivity index (χ0) is 27.9. The molecule has 1 aliphatic carbocycles. The van der Waals surface area contributed by atoms with Gasteiger partial charge in [0.1, 0.15) is 18.1 Å². The Hall–Kier alpha value is -4.09. The van der Waals surface area contributed by atoms with Crippen LogP contribution in [0, 0.1) is 11.3 Å². The molecule has 40 heavy (non-hydrogen) atoms. The highest BCUT2D eigenvalue weighted by Gasteiger charge is 2.49. The van der Waals surface area contributed by atoms with Gasteiger partial charge in [-0.15, -0.1) is 0 Å². The highest BCUT2D eigenvalue weighted by Crippen LogP contribution is 2.45. The van der Waals surface area contributed by atoms with Crippen molar-refractivity contribution in [2.24, 2.45) is 5.73 Å². The van der Waals surface area contributed by atoms with Crippen molar-refractivity contribution in [3.8, 4) is 23.2 Å². The van der Waals surface area contributed by atoms with Crippen molar-refractivity contribution in [2.75, 3.05) is 13.1 Å². The van der Waals surface area contributed by atoms with Gasteiger partial charge in [-0.1, -0.05) is 0 Å². The fourth-order valence-electron chi connectivity index (χ4n) is 5.74. The third kappa shape index (κ3) is 4.86. The van der Waals surface area contributed by atoms with Crippen molar-refractivity contribution in [2.45, 2.75) is 62.5 Å². The lowest BCUT2D eigenvalue weighted by Crippen LogP contribution is -2.58. The smallest absolute Gasteiger partial charge is 0.451 e. The molecule has 3 N–H and O–H groups in total. The zero-order valence-corrected chi connectivity index (χ0v) is 21.5. The number of nitrogens with one attached hydrogen (secondary N) is 1. The third-order valence-electron chi connectivity index (χ3n) is 7.83. The summed E-state index contributed by atoms with van der Waals surface area (Å²) in [5.41, 5.74) is 7.60. The lowest BCUT2D eigenvalue weighted by molar-refractivity contribution is -0.145. The van der Waals surface area contributed by atoms with Gasteiger partial charge in [-0.2, -0.15) is 28.5 Å². The Kier molecular flexibility index (Phi) is 6.63. The molecular weight excluding hydrogens is 525 g/mol. The second-order valence-corrected chi connectivity index (χ2v) is 10.3. The number of fused-ring (bicyclic) bond motifs is 1. The molecule has 4 aromatic heterocycles. The Morgan fingerprint density at radius 3 is 2.73 bits per heavy atom. The Bertz CT molecular complexity index is 1540. The molecule has 0 unspecified atom stereocenters. The zero-order valence-electron chi connectivity index (χ0n) is 21.5. The SMILES string of the molecule is N#CC[C@]1(n2cc(-c3ncnc4[nH]ccc34)cn2)C[C@H](N2CCC(Oc3cc(CN)nc(C(F)(F)F)n3)CC2)C1. The molecule has 0 bridgehead atoms. The maximum absolute atomic E-state index is 13.2. The van der Waals surface area contributed by atoms with Crippen molar-refractivity contribution in [1.29, 1.82) is 5.26 Å². The predicted molar refractivity (Wildman–Crippen MR) is 136 cm³/mol. The molecule has 1 aliphatic heterocycles. The number of piperidine rings is 1. The number of hydrogen-bond acceptors (Lipinski definition) is 9. The minimum atomic E-state index is -4.68. The fraction of sp³-hybridized carbons (Fsp3) is 0.462. The van der Waals surface area contributed by atoms with Gasteiger partial charge in [0, 0.05) is 55.1 Å². The number of hydrogen-bond donors (Lipinski definition) is 2. The number of likely N-dealkylation sites (tertiary alicyclic amines) is 1. The standard InChI is InChI=1S/C26H27F3N10O/c27-26(28,29)24-36-17(12-31)9-21(37-24)40-19-2-7-38(8-3-19)18-10-25(11-18,4-5-30)39-14-16(13-35-39)22-20-1-6-32-23(20)34-15-33-22/h1,6,9,13-15,18-19H,2-4,7-8,10-12,31H2,(H,32,33,34)/t18-,25-. The van der Waals surface area contributed by atoms with Crippen molar-refractivity contribution in [1.82, 2.24) is 39.6 Å².